The second-order valence-corrected chi connectivity index (χ2v) is 10.4. The molecule has 0 aliphatic rings. The molecule has 1 atom stereocenters. The van der Waals surface area contributed by atoms with Gasteiger partial charge in [-0.15, -0.1) is 0 Å². The number of para-hydroxylation sites is 1. The SMILES string of the molecule is CC(C)NC(=O)[C@H](C)N(CCc1ccccc1)C(=O)CN(c1ccccc1)S(=O)(=O)N(C)C. The largest absolute Gasteiger partial charge is 0.352 e. The predicted octanol–water partition coefficient (Wildman–Crippen LogP) is 2.28. The number of nitrogens with one attached hydrogen (secondary N) is 1. The molecule has 33 heavy (non-hydrogen) atoms. The van der Waals surface area contributed by atoms with Crippen LogP contribution in [0.25, 0.3) is 0 Å². The van der Waals surface area contributed by atoms with E-state index < -0.39 is 28.7 Å². The van der Waals surface area contributed by atoms with Gasteiger partial charge in [0.2, 0.25) is 11.8 Å². The Morgan fingerprint density at radius 3 is 1.97 bits per heavy atom. The summed E-state index contributed by atoms with van der Waals surface area (Å²) < 4.78 is 28.2. The molecule has 0 bridgehead atoms. The molecular weight excluding hydrogens is 440 g/mol. The van der Waals surface area contributed by atoms with Crippen molar-refractivity contribution in [2.45, 2.75) is 39.3 Å². The molecule has 0 aliphatic heterocycles. The van der Waals surface area contributed by atoms with Crippen molar-refractivity contribution in [2.75, 3.05) is 31.5 Å². The highest BCUT2D eigenvalue weighted by molar-refractivity contribution is 7.90. The average Bonchev–Trinajstić information content (AvgIpc) is 2.78. The van der Waals surface area contributed by atoms with Crippen LogP contribution in [0, 0.1) is 0 Å². The lowest BCUT2D eigenvalue weighted by Gasteiger charge is -2.33. The standard InChI is InChI=1S/C24H34N4O4S/c1-19(2)25-24(30)20(3)27(17-16-21-12-8-6-9-13-21)23(29)18-28(33(31,32)26(4)5)22-14-10-7-11-15-22/h6-15,19-20H,16-18H2,1-5H3,(H,25,30)/t20-/m0/s1. The molecule has 0 aromatic heterocycles. The van der Waals surface area contributed by atoms with Gasteiger partial charge in [-0.05, 0) is 44.9 Å². The topological polar surface area (TPSA) is 90.0 Å². The van der Waals surface area contributed by atoms with Crippen molar-refractivity contribution >= 4 is 27.7 Å². The first-order chi connectivity index (χ1) is 15.5. The summed E-state index contributed by atoms with van der Waals surface area (Å²) in [6.07, 6.45) is 0.539. The van der Waals surface area contributed by atoms with Crippen molar-refractivity contribution in [3.8, 4) is 0 Å². The Kier molecular flexibility index (Phi) is 9.43. The molecule has 2 amide bonds. The van der Waals surface area contributed by atoms with Gasteiger partial charge in [0.05, 0.1) is 5.69 Å². The van der Waals surface area contributed by atoms with Crippen LogP contribution in [0.2, 0.25) is 0 Å². The first-order valence-corrected chi connectivity index (χ1v) is 12.3. The van der Waals surface area contributed by atoms with Crippen LogP contribution < -0.4 is 9.62 Å². The molecule has 180 valence electrons. The van der Waals surface area contributed by atoms with Crippen LogP contribution in [-0.2, 0) is 26.2 Å². The van der Waals surface area contributed by atoms with Gasteiger partial charge in [0, 0.05) is 26.7 Å². The second-order valence-electron chi connectivity index (χ2n) is 8.29. The maximum absolute atomic E-state index is 13.5. The van der Waals surface area contributed by atoms with Crippen LogP contribution in [-0.4, -0.2) is 68.7 Å². The monoisotopic (exact) mass is 474 g/mol. The molecular formula is C24H34N4O4S. The van der Waals surface area contributed by atoms with Gasteiger partial charge < -0.3 is 10.2 Å². The molecule has 0 fully saturated rings. The molecule has 2 rings (SSSR count). The third kappa shape index (κ3) is 7.30. The maximum atomic E-state index is 13.5. The lowest BCUT2D eigenvalue weighted by Crippen LogP contribution is -2.54. The minimum absolute atomic E-state index is 0.0824. The maximum Gasteiger partial charge on any atom is 0.304 e. The number of carbonyl (C=O) groups is 2. The number of amides is 2. The fraction of sp³-hybridized carbons (Fsp3) is 0.417. The highest BCUT2D eigenvalue weighted by atomic mass is 32.2. The minimum atomic E-state index is -3.93. The van der Waals surface area contributed by atoms with E-state index in [2.05, 4.69) is 5.32 Å². The van der Waals surface area contributed by atoms with Crippen LogP contribution in [0.15, 0.2) is 60.7 Å². The molecule has 2 aromatic carbocycles. The van der Waals surface area contributed by atoms with Crippen molar-refractivity contribution in [3.05, 3.63) is 66.2 Å². The molecule has 0 saturated heterocycles. The Morgan fingerprint density at radius 2 is 1.45 bits per heavy atom. The lowest BCUT2D eigenvalue weighted by atomic mass is 10.1. The summed E-state index contributed by atoms with van der Waals surface area (Å²) in [7, 11) is -1.10. The fourth-order valence-electron chi connectivity index (χ4n) is 3.29. The van der Waals surface area contributed by atoms with Crippen molar-refractivity contribution in [1.29, 1.82) is 0 Å². The second kappa shape index (κ2) is 11.8. The smallest absolute Gasteiger partial charge is 0.304 e. The van der Waals surface area contributed by atoms with Crippen LogP contribution >= 0.6 is 0 Å². The van der Waals surface area contributed by atoms with E-state index in [9.17, 15) is 18.0 Å². The molecule has 0 heterocycles. The molecule has 0 radical (unpaired) electrons. The van der Waals surface area contributed by atoms with Gasteiger partial charge >= 0.3 is 10.2 Å². The Balaban J connectivity index is 2.34. The highest BCUT2D eigenvalue weighted by Crippen LogP contribution is 2.20. The Labute approximate surface area is 197 Å². The summed E-state index contributed by atoms with van der Waals surface area (Å²) in [5, 5.41) is 2.84. The third-order valence-corrected chi connectivity index (χ3v) is 6.97. The Hall–Kier alpha value is -2.91. The number of benzene rings is 2. The van der Waals surface area contributed by atoms with Crippen LogP contribution in [0.4, 0.5) is 5.69 Å². The zero-order chi connectivity index (χ0) is 24.6. The van der Waals surface area contributed by atoms with E-state index in [1.165, 1.54) is 19.0 Å². The lowest BCUT2D eigenvalue weighted by molar-refractivity contribution is -0.139. The minimum Gasteiger partial charge on any atom is -0.352 e. The Bertz CT molecular complexity index is 1010. The van der Waals surface area contributed by atoms with E-state index in [1.807, 2.05) is 44.2 Å². The van der Waals surface area contributed by atoms with E-state index >= 15 is 0 Å². The molecule has 0 saturated carbocycles. The zero-order valence-corrected chi connectivity index (χ0v) is 20.7. The van der Waals surface area contributed by atoms with E-state index in [1.54, 1.807) is 37.3 Å². The van der Waals surface area contributed by atoms with Crippen molar-refractivity contribution in [3.63, 3.8) is 0 Å². The zero-order valence-electron chi connectivity index (χ0n) is 19.9. The normalized spacial score (nSPS) is 12.5. The first kappa shape index (κ1) is 26.3. The molecule has 0 aliphatic carbocycles. The van der Waals surface area contributed by atoms with Gasteiger partial charge in [0.1, 0.15) is 12.6 Å². The van der Waals surface area contributed by atoms with Crippen molar-refractivity contribution < 1.29 is 18.0 Å². The van der Waals surface area contributed by atoms with E-state index in [-0.39, 0.29) is 18.5 Å². The van der Waals surface area contributed by atoms with E-state index in [4.69, 9.17) is 0 Å². The van der Waals surface area contributed by atoms with Gasteiger partial charge in [0.15, 0.2) is 0 Å². The molecule has 2 aromatic rings. The number of hydrogen-bond donors (Lipinski definition) is 1. The van der Waals surface area contributed by atoms with E-state index in [0.717, 1.165) is 14.2 Å². The average molecular weight is 475 g/mol. The number of hydrogen-bond acceptors (Lipinski definition) is 4. The summed E-state index contributed by atoms with van der Waals surface area (Å²) in [5.74, 6) is -0.736. The predicted molar refractivity (Wildman–Crippen MR) is 131 cm³/mol. The fourth-order valence-corrected chi connectivity index (χ4v) is 4.34. The first-order valence-electron chi connectivity index (χ1n) is 10.9. The summed E-state index contributed by atoms with van der Waals surface area (Å²) in [5.41, 5.74) is 1.40. The summed E-state index contributed by atoms with van der Waals surface area (Å²) >= 11 is 0. The highest BCUT2D eigenvalue weighted by Gasteiger charge is 2.32. The van der Waals surface area contributed by atoms with Crippen LogP contribution in [0.1, 0.15) is 26.3 Å². The van der Waals surface area contributed by atoms with Gasteiger partial charge in [0.25, 0.3) is 0 Å². The number of rotatable bonds is 11. The van der Waals surface area contributed by atoms with Gasteiger partial charge in [-0.1, -0.05) is 48.5 Å². The van der Waals surface area contributed by atoms with Crippen LogP contribution in [0.5, 0.6) is 0 Å². The van der Waals surface area contributed by atoms with Crippen molar-refractivity contribution in [2.24, 2.45) is 0 Å². The number of carbonyl (C=O) groups excluding carboxylic acids is 2. The molecule has 9 heteroatoms. The number of anilines is 1. The summed E-state index contributed by atoms with van der Waals surface area (Å²) in [6.45, 7) is 5.22. The van der Waals surface area contributed by atoms with Gasteiger partial charge in [-0.25, -0.2) is 4.31 Å². The molecule has 0 unspecified atom stereocenters. The quantitative estimate of drug-likeness (QED) is 0.541. The van der Waals surface area contributed by atoms with Gasteiger partial charge in [-0.2, -0.15) is 12.7 Å². The molecule has 8 nitrogen and oxygen atoms in total. The summed E-state index contributed by atoms with van der Waals surface area (Å²) in [6, 6.07) is 17.3. The van der Waals surface area contributed by atoms with Crippen molar-refractivity contribution in [1.82, 2.24) is 14.5 Å². The molecule has 0 spiro atoms. The summed E-state index contributed by atoms with van der Waals surface area (Å²) in [4.78, 5) is 27.6. The van der Waals surface area contributed by atoms with Crippen LogP contribution in [0.3, 0.4) is 0 Å². The van der Waals surface area contributed by atoms with Gasteiger partial charge in [-0.3, -0.25) is 9.59 Å². The number of nitrogens with zero attached hydrogens (tertiary/aromatic N) is 3. The molecule has 1 N–H and O–H groups in total. The Morgan fingerprint density at radius 1 is 0.909 bits per heavy atom. The third-order valence-electron chi connectivity index (χ3n) is 5.15. The van der Waals surface area contributed by atoms with E-state index in [0.29, 0.717) is 12.1 Å².